The van der Waals surface area contributed by atoms with Gasteiger partial charge in [-0.3, -0.25) is 9.69 Å². The summed E-state index contributed by atoms with van der Waals surface area (Å²) in [6.45, 7) is 3.56. The summed E-state index contributed by atoms with van der Waals surface area (Å²) in [5.74, 6) is -0.757. The molecule has 1 aliphatic heterocycles. The van der Waals surface area contributed by atoms with Crippen molar-refractivity contribution in [3.63, 3.8) is 0 Å². The minimum atomic E-state index is -4.44. The summed E-state index contributed by atoms with van der Waals surface area (Å²) in [6, 6.07) is 12.3. The number of alkyl halides is 3. The molecule has 0 radical (unpaired) electrons. The standard InChI is InChI=1S/C23H16F4N2OS2/c1-13-10-15(14(2)28(13)19-5-3-4-16(12-19)23(25,26)27)11-20-21(30)29(22(31)32-20)18-8-6-17(24)7-9-18/h3-12H,1-2H3. The van der Waals surface area contributed by atoms with E-state index in [1.807, 2.05) is 0 Å². The molecule has 0 aliphatic carbocycles. The number of aromatic nitrogens is 1. The number of hydrogen-bond acceptors (Lipinski definition) is 3. The topological polar surface area (TPSA) is 25.2 Å². The van der Waals surface area contributed by atoms with E-state index in [9.17, 15) is 22.4 Å². The summed E-state index contributed by atoms with van der Waals surface area (Å²) in [6.07, 6.45) is -2.77. The first kappa shape index (κ1) is 22.3. The molecule has 3 nitrogen and oxygen atoms in total. The first-order valence-corrected chi connectivity index (χ1v) is 10.7. The second kappa shape index (κ2) is 8.22. The van der Waals surface area contributed by atoms with Crippen LogP contribution >= 0.6 is 24.0 Å². The molecule has 0 unspecified atom stereocenters. The maximum absolute atomic E-state index is 13.2. The number of benzene rings is 2. The van der Waals surface area contributed by atoms with E-state index in [1.54, 1.807) is 36.6 Å². The predicted molar refractivity (Wildman–Crippen MR) is 122 cm³/mol. The van der Waals surface area contributed by atoms with Gasteiger partial charge in [-0.15, -0.1) is 0 Å². The van der Waals surface area contributed by atoms with Crippen LogP contribution in [-0.4, -0.2) is 14.8 Å². The van der Waals surface area contributed by atoms with Crippen molar-refractivity contribution in [1.29, 1.82) is 0 Å². The van der Waals surface area contributed by atoms with Gasteiger partial charge in [-0.05, 0) is 74.0 Å². The Kier molecular flexibility index (Phi) is 5.72. The highest BCUT2D eigenvalue weighted by molar-refractivity contribution is 8.27. The van der Waals surface area contributed by atoms with Crippen molar-refractivity contribution in [2.75, 3.05) is 4.90 Å². The van der Waals surface area contributed by atoms with Crippen LogP contribution in [-0.2, 0) is 11.0 Å². The van der Waals surface area contributed by atoms with Gasteiger partial charge >= 0.3 is 6.18 Å². The zero-order valence-electron chi connectivity index (χ0n) is 16.9. The van der Waals surface area contributed by atoms with Crippen LogP contribution in [0, 0.1) is 19.7 Å². The van der Waals surface area contributed by atoms with E-state index >= 15 is 0 Å². The van der Waals surface area contributed by atoms with Gasteiger partial charge in [0.05, 0.1) is 16.2 Å². The minimum absolute atomic E-state index is 0.319. The van der Waals surface area contributed by atoms with E-state index in [0.29, 0.717) is 31.9 Å². The van der Waals surface area contributed by atoms with Gasteiger partial charge in [-0.1, -0.05) is 30.0 Å². The molecule has 0 saturated carbocycles. The maximum atomic E-state index is 13.2. The van der Waals surface area contributed by atoms with Crippen LogP contribution in [0.25, 0.3) is 11.8 Å². The monoisotopic (exact) mass is 476 g/mol. The SMILES string of the molecule is Cc1cc(C=C2SC(=S)N(c3ccc(F)cc3)C2=O)c(C)n1-c1cccc(C(F)(F)F)c1. The molecule has 0 spiro atoms. The highest BCUT2D eigenvalue weighted by Crippen LogP contribution is 2.37. The van der Waals surface area contributed by atoms with Crippen LogP contribution in [0.4, 0.5) is 23.2 Å². The lowest BCUT2D eigenvalue weighted by Crippen LogP contribution is -2.27. The molecule has 4 rings (SSSR count). The molecule has 9 heteroatoms. The third kappa shape index (κ3) is 4.10. The molecule has 1 fully saturated rings. The summed E-state index contributed by atoms with van der Waals surface area (Å²) in [7, 11) is 0. The molecular formula is C23H16F4N2OS2. The maximum Gasteiger partial charge on any atom is 0.416 e. The summed E-state index contributed by atoms with van der Waals surface area (Å²) < 4.78 is 54.7. The predicted octanol–water partition coefficient (Wildman–Crippen LogP) is 6.66. The molecule has 2 heterocycles. The molecule has 32 heavy (non-hydrogen) atoms. The van der Waals surface area contributed by atoms with Crippen LogP contribution in [0.2, 0.25) is 0 Å². The van der Waals surface area contributed by atoms with E-state index in [0.717, 1.165) is 29.6 Å². The lowest BCUT2D eigenvalue weighted by atomic mass is 10.2. The second-order valence-corrected chi connectivity index (χ2v) is 8.88. The lowest BCUT2D eigenvalue weighted by Gasteiger charge is -2.14. The number of carbonyl (C=O) groups excluding carboxylic acids is 1. The van der Waals surface area contributed by atoms with Gasteiger partial charge in [-0.25, -0.2) is 4.39 Å². The molecular weight excluding hydrogens is 460 g/mol. The largest absolute Gasteiger partial charge is 0.416 e. The number of hydrogen-bond donors (Lipinski definition) is 0. The van der Waals surface area contributed by atoms with Crippen molar-refractivity contribution in [2.24, 2.45) is 0 Å². The Labute approximate surface area is 191 Å². The molecule has 0 N–H and O–H groups in total. The molecule has 0 atom stereocenters. The van der Waals surface area contributed by atoms with Crippen molar-refractivity contribution >= 4 is 46.0 Å². The number of carbonyl (C=O) groups is 1. The zero-order valence-corrected chi connectivity index (χ0v) is 18.5. The third-order valence-electron chi connectivity index (χ3n) is 5.07. The van der Waals surface area contributed by atoms with Gasteiger partial charge in [0.1, 0.15) is 5.82 Å². The van der Waals surface area contributed by atoms with Gasteiger partial charge in [0.2, 0.25) is 0 Å². The lowest BCUT2D eigenvalue weighted by molar-refractivity contribution is -0.137. The quantitative estimate of drug-likeness (QED) is 0.240. The molecule has 0 bridgehead atoms. The van der Waals surface area contributed by atoms with E-state index in [-0.39, 0.29) is 5.91 Å². The first-order chi connectivity index (χ1) is 15.1. The van der Waals surface area contributed by atoms with Crippen molar-refractivity contribution in [2.45, 2.75) is 20.0 Å². The summed E-state index contributed by atoms with van der Waals surface area (Å²) in [5.41, 5.74) is 2.22. The summed E-state index contributed by atoms with van der Waals surface area (Å²) in [4.78, 5) is 14.7. The van der Waals surface area contributed by atoms with Crippen molar-refractivity contribution in [3.05, 3.63) is 87.8 Å². The summed E-state index contributed by atoms with van der Waals surface area (Å²) in [5, 5.41) is 0. The third-order valence-corrected chi connectivity index (χ3v) is 6.37. The molecule has 2 aromatic carbocycles. The second-order valence-electron chi connectivity index (χ2n) is 7.20. The van der Waals surface area contributed by atoms with Crippen LogP contribution < -0.4 is 4.90 Å². The molecule has 3 aromatic rings. The van der Waals surface area contributed by atoms with Crippen LogP contribution in [0.3, 0.4) is 0 Å². The Bertz CT molecular complexity index is 1260. The number of nitrogens with zero attached hydrogens (tertiary/aromatic N) is 2. The fourth-order valence-corrected chi connectivity index (χ4v) is 4.86. The molecule has 1 amide bonds. The van der Waals surface area contributed by atoms with Crippen molar-refractivity contribution in [1.82, 2.24) is 4.57 Å². The van der Waals surface area contributed by atoms with E-state index in [4.69, 9.17) is 12.2 Å². The smallest absolute Gasteiger partial charge is 0.318 e. The number of rotatable bonds is 3. The van der Waals surface area contributed by atoms with E-state index in [1.165, 1.54) is 35.2 Å². The number of thiocarbonyl (C=S) groups is 1. The molecule has 1 aliphatic rings. The van der Waals surface area contributed by atoms with Crippen molar-refractivity contribution in [3.8, 4) is 5.69 Å². The highest BCUT2D eigenvalue weighted by Gasteiger charge is 2.34. The number of amides is 1. The van der Waals surface area contributed by atoms with Crippen LogP contribution in [0.5, 0.6) is 0 Å². The Hall–Kier alpha value is -2.91. The Balaban J connectivity index is 1.70. The average molecular weight is 477 g/mol. The number of aryl methyl sites for hydroxylation is 1. The number of anilines is 1. The number of halogens is 4. The van der Waals surface area contributed by atoms with E-state index in [2.05, 4.69) is 0 Å². The van der Waals surface area contributed by atoms with Gasteiger partial charge in [0.15, 0.2) is 4.32 Å². The fourth-order valence-electron chi connectivity index (χ4n) is 3.57. The molecule has 1 saturated heterocycles. The van der Waals surface area contributed by atoms with Crippen LogP contribution in [0.1, 0.15) is 22.5 Å². The Morgan fingerprint density at radius 3 is 2.34 bits per heavy atom. The van der Waals surface area contributed by atoms with Crippen molar-refractivity contribution < 1.29 is 22.4 Å². The first-order valence-electron chi connectivity index (χ1n) is 9.46. The van der Waals surface area contributed by atoms with Gasteiger partial charge in [-0.2, -0.15) is 13.2 Å². The number of thioether (sulfide) groups is 1. The molecule has 164 valence electrons. The normalized spacial score (nSPS) is 15.8. The summed E-state index contributed by atoms with van der Waals surface area (Å²) >= 11 is 6.46. The fraction of sp³-hybridized carbons (Fsp3) is 0.130. The van der Waals surface area contributed by atoms with Crippen LogP contribution in [0.15, 0.2) is 59.5 Å². The minimum Gasteiger partial charge on any atom is -0.318 e. The average Bonchev–Trinajstić information content (AvgIpc) is 3.17. The highest BCUT2D eigenvalue weighted by atomic mass is 32.2. The van der Waals surface area contributed by atoms with Gasteiger partial charge in [0.25, 0.3) is 5.91 Å². The Morgan fingerprint density at radius 2 is 1.69 bits per heavy atom. The Morgan fingerprint density at radius 1 is 1.00 bits per heavy atom. The van der Waals surface area contributed by atoms with Gasteiger partial charge < -0.3 is 4.57 Å². The van der Waals surface area contributed by atoms with Gasteiger partial charge in [0, 0.05) is 17.1 Å². The zero-order chi connectivity index (χ0) is 23.2. The molecule has 1 aromatic heterocycles. The van der Waals surface area contributed by atoms with E-state index < -0.39 is 17.6 Å².